The maximum absolute atomic E-state index is 13.3. The molecule has 1 unspecified atom stereocenters. The van der Waals surface area contributed by atoms with E-state index in [-0.39, 0.29) is 5.56 Å². The predicted octanol–water partition coefficient (Wildman–Crippen LogP) is 5.18. The van der Waals surface area contributed by atoms with E-state index >= 15 is 0 Å². The van der Waals surface area contributed by atoms with Gasteiger partial charge in [-0.05, 0) is 34.5 Å². The number of ether oxygens (including phenoxy) is 1. The summed E-state index contributed by atoms with van der Waals surface area (Å²) >= 11 is 2.67. The standard InChI is InChI=1S/C14H11BrF4O/c1-20-11-5-4-8-6-10(3-2-9(8)7-11)12(15)14(18,19)13(16)17/h2-7,12-13H,1H3. The van der Waals surface area contributed by atoms with Crippen LogP contribution >= 0.6 is 15.9 Å². The van der Waals surface area contributed by atoms with E-state index < -0.39 is 17.2 Å². The van der Waals surface area contributed by atoms with E-state index in [2.05, 4.69) is 15.9 Å². The second-order valence-corrected chi connectivity index (χ2v) is 5.23. The van der Waals surface area contributed by atoms with E-state index in [4.69, 9.17) is 4.74 Å². The molecule has 0 aromatic heterocycles. The summed E-state index contributed by atoms with van der Waals surface area (Å²) in [5, 5.41) is 1.46. The minimum absolute atomic E-state index is 0.105. The van der Waals surface area contributed by atoms with Crippen LogP contribution in [0.5, 0.6) is 5.75 Å². The van der Waals surface area contributed by atoms with Gasteiger partial charge in [-0.25, -0.2) is 8.78 Å². The van der Waals surface area contributed by atoms with E-state index in [1.165, 1.54) is 19.2 Å². The third-order valence-corrected chi connectivity index (χ3v) is 4.13. The molecule has 1 atom stereocenters. The normalized spacial score (nSPS) is 13.8. The fourth-order valence-corrected chi connectivity index (χ4v) is 2.34. The highest BCUT2D eigenvalue weighted by Gasteiger charge is 2.48. The van der Waals surface area contributed by atoms with Crippen LogP contribution in [-0.2, 0) is 0 Å². The first kappa shape index (κ1) is 15.1. The van der Waals surface area contributed by atoms with Crippen LogP contribution in [0.15, 0.2) is 36.4 Å². The summed E-state index contributed by atoms with van der Waals surface area (Å²) in [6.45, 7) is 0. The number of benzene rings is 2. The number of methoxy groups -OCH3 is 1. The number of rotatable bonds is 4. The van der Waals surface area contributed by atoms with Gasteiger partial charge in [0.25, 0.3) is 0 Å². The van der Waals surface area contributed by atoms with Crippen molar-refractivity contribution >= 4 is 26.7 Å². The van der Waals surface area contributed by atoms with Gasteiger partial charge in [0.2, 0.25) is 0 Å². The average Bonchev–Trinajstić information content (AvgIpc) is 2.45. The Morgan fingerprint density at radius 2 is 1.65 bits per heavy atom. The maximum Gasteiger partial charge on any atom is 0.323 e. The van der Waals surface area contributed by atoms with Crippen molar-refractivity contribution in [2.45, 2.75) is 17.2 Å². The zero-order valence-electron chi connectivity index (χ0n) is 10.4. The van der Waals surface area contributed by atoms with Gasteiger partial charge in [-0.1, -0.05) is 34.1 Å². The first-order valence-electron chi connectivity index (χ1n) is 5.74. The van der Waals surface area contributed by atoms with Gasteiger partial charge in [-0.15, -0.1) is 0 Å². The Balaban J connectivity index is 2.42. The van der Waals surface area contributed by atoms with Crippen molar-refractivity contribution in [1.29, 1.82) is 0 Å². The number of fused-ring (bicyclic) bond motifs is 1. The third kappa shape index (κ3) is 2.75. The van der Waals surface area contributed by atoms with E-state index in [0.29, 0.717) is 11.1 Å². The Morgan fingerprint density at radius 1 is 1.05 bits per heavy atom. The summed E-state index contributed by atoms with van der Waals surface area (Å²) in [4.78, 5) is -1.73. The molecular formula is C14H11BrF4O. The lowest BCUT2D eigenvalue weighted by atomic mass is 10.0. The average molecular weight is 351 g/mol. The predicted molar refractivity (Wildman–Crippen MR) is 73.1 cm³/mol. The fraction of sp³-hybridized carbons (Fsp3) is 0.286. The SMILES string of the molecule is COc1ccc2cc(C(Br)C(F)(F)C(F)F)ccc2c1. The molecule has 0 spiro atoms. The number of hydrogen-bond acceptors (Lipinski definition) is 1. The largest absolute Gasteiger partial charge is 0.497 e. The van der Waals surface area contributed by atoms with E-state index in [9.17, 15) is 17.6 Å². The van der Waals surface area contributed by atoms with Crippen molar-refractivity contribution in [2.24, 2.45) is 0 Å². The zero-order chi connectivity index (χ0) is 14.9. The third-order valence-electron chi connectivity index (χ3n) is 2.99. The molecule has 1 nitrogen and oxygen atoms in total. The van der Waals surface area contributed by atoms with E-state index in [1.54, 1.807) is 24.3 Å². The minimum atomic E-state index is -4.12. The lowest BCUT2D eigenvalue weighted by molar-refractivity contribution is -0.127. The zero-order valence-corrected chi connectivity index (χ0v) is 12.0. The quantitative estimate of drug-likeness (QED) is 0.545. The smallest absolute Gasteiger partial charge is 0.323 e. The highest BCUT2D eigenvalue weighted by atomic mass is 79.9. The molecule has 20 heavy (non-hydrogen) atoms. The summed E-state index contributed by atoms with van der Waals surface area (Å²) in [6, 6.07) is 9.58. The molecule has 0 aliphatic rings. The first-order valence-corrected chi connectivity index (χ1v) is 6.65. The second kappa shape index (κ2) is 5.60. The van der Waals surface area contributed by atoms with Crippen LogP contribution in [0.1, 0.15) is 10.4 Å². The van der Waals surface area contributed by atoms with Gasteiger partial charge in [0.1, 0.15) is 10.6 Å². The van der Waals surface area contributed by atoms with Gasteiger partial charge in [0, 0.05) is 0 Å². The molecule has 0 N–H and O–H groups in total. The Morgan fingerprint density at radius 3 is 2.25 bits per heavy atom. The molecule has 0 saturated carbocycles. The maximum atomic E-state index is 13.3. The Bertz CT molecular complexity index is 615. The van der Waals surface area contributed by atoms with Crippen LogP contribution in [0.25, 0.3) is 10.8 Å². The first-order chi connectivity index (χ1) is 9.36. The van der Waals surface area contributed by atoms with Gasteiger partial charge in [-0.3, -0.25) is 0 Å². The van der Waals surface area contributed by atoms with Crippen LogP contribution in [-0.4, -0.2) is 19.5 Å². The molecule has 2 aromatic carbocycles. The summed E-state index contributed by atoms with van der Waals surface area (Å²) in [5.41, 5.74) is 0.105. The Labute approximate surface area is 121 Å². The number of hydrogen-bond donors (Lipinski definition) is 0. The number of halogens is 5. The van der Waals surface area contributed by atoms with Crippen molar-refractivity contribution in [2.75, 3.05) is 7.11 Å². The van der Waals surface area contributed by atoms with Crippen molar-refractivity contribution in [3.8, 4) is 5.75 Å². The van der Waals surface area contributed by atoms with Crippen molar-refractivity contribution in [3.63, 3.8) is 0 Å². The molecule has 0 heterocycles. The van der Waals surface area contributed by atoms with Crippen LogP contribution in [0.4, 0.5) is 17.6 Å². The van der Waals surface area contributed by atoms with Crippen molar-refractivity contribution in [3.05, 3.63) is 42.0 Å². The minimum Gasteiger partial charge on any atom is -0.497 e. The molecule has 2 rings (SSSR count). The topological polar surface area (TPSA) is 9.23 Å². The highest BCUT2D eigenvalue weighted by Crippen LogP contribution is 2.43. The van der Waals surface area contributed by atoms with Crippen molar-refractivity contribution in [1.82, 2.24) is 0 Å². The fourth-order valence-electron chi connectivity index (χ4n) is 1.86. The summed E-state index contributed by atoms with van der Waals surface area (Å²) in [7, 11) is 1.52. The van der Waals surface area contributed by atoms with Crippen molar-refractivity contribution < 1.29 is 22.3 Å². The Hall–Kier alpha value is -1.30. The molecule has 0 fully saturated rings. The summed E-state index contributed by atoms with van der Waals surface area (Å²) in [6.07, 6.45) is -3.72. The van der Waals surface area contributed by atoms with Gasteiger partial charge < -0.3 is 4.74 Å². The molecule has 2 aromatic rings. The molecule has 0 amide bonds. The lowest BCUT2D eigenvalue weighted by Gasteiger charge is -2.21. The number of alkyl halides is 5. The molecule has 0 aliphatic heterocycles. The Kier molecular flexibility index (Phi) is 4.22. The van der Waals surface area contributed by atoms with E-state index in [0.717, 1.165) is 5.39 Å². The van der Waals surface area contributed by atoms with Gasteiger partial charge in [0.05, 0.1) is 7.11 Å². The van der Waals surface area contributed by atoms with Crippen LogP contribution in [0.3, 0.4) is 0 Å². The van der Waals surface area contributed by atoms with Gasteiger partial charge in [-0.2, -0.15) is 8.78 Å². The van der Waals surface area contributed by atoms with E-state index in [1.807, 2.05) is 0 Å². The molecule has 0 bridgehead atoms. The van der Waals surface area contributed by atoms with Crippen LogP contribution in [0.2, 0.25) is 0 Å². The monoisotopic (exact) mass is 350 g/mol. The molecule has 6 heteroatoms. The molecule has 108 valence electrons. The van der Waals surface area contributed by atoms with Gasteiger partial charge >= 0.3 is 12.3 Å². The van der Waals surface area contributed by atoms with Gasteiger partial charge in [0.15, 0.2) is 0 Å². The molecule has 0 aliphatic carbocycles. The lowest BCUT2D eigenvalue weighted by Crippen LogP contribution is -2.31. The summed E-state index contributed by atoms with van der Waals surface area (Å²) < 4.78 is 56.4. The van der Waals surface area contributed by atoms with Crippen LogP contribution < -0.4 is 4.74 Å². The highest BCUT2D eigenvalue weighted by molar-refractivity contribution is 9.09. The molecule has 0 radical (unpaired) electrons. The van der Waals surface area contributed by atoms with Crippen LogP contribution in [0, 0.1) is 0 Å². The second-order valence-electron chi connectivity index (χ2n) is 4.31. The molecular weight excluding hydrogens is 340 g/mol. The molecule has 0 saturated heterocycles. The summed E-state index contributed by atoms with van der Waals surface area (Å²) in [5.74, 6) is -3.49.